The Morgan fingerprint density at radius 3 is 2.89 bits per heavy atom. The van der Waals surface area contributed by atoms with E-state index in [4.69, 9.17) is 9.47 Å². The molecule has 0 spiro atoms. The molecule has 0 unspecified atom stereocenters. The number of carbonyl (C=O) groups excluding carboxylic acids is 1. The van der Waals surface area contributed by atoms with Crippen LogP contribution in [0.4, 0.5) is 0 Å². The molecule has 0 saturated carbocycles. The summed E-state index contributed by atoms with van der Waals surface area (Å²) in [5.41, 5.74) is 1.49. The molecule has 2 aliphatic rings. The van der Waals surface area contributed by atoms with Gasteiger partial charge in [0.15, 0.2) is 0 Å². The molecule has 1 saturated heterocycles. The van der Waals surface area contributed by atoms with E-state index >= 15 is 0 Å². The summed E-state index contributed by atoms with van der Waals surface area (Å²) < 4.78 is 10.7. The largest absolute Gasteiger partial charge is 0.464 e. The standard InChI is InChI=1S/C21H28N2O4/c1-22(8-10-26-2)12-18-13-23(14-19(18)15-24)21(25)17-7-9-27-20-6-4-3-5-16(20)11-17/h3-7,9,11,18-19,24H,8,10,12-15H2,1-2H3/t18-,19-/m1/s1. The topological polar surface area (TPSA) is 62.2 Å². The van der Waals surface area contributed by atoms with Crippen LogP contribution in [0.1, 0.15) is 5.56 Å². The molecule has 1 aromatic carbocycles. The van der Waals surface area contributed by atoms with Gasteiger partial charge in [0.1, 0.15) is 5.75 Å². The van der Waals surface area contributed by atoms with E-state index in [9.17, 15) is 9.90 Å². The number of likely N-dealkylation sites (N-methyl/N-ethyl adjacent to an activating group) is 1. The van der Waals surface area contributed by atoms with Crippen LogP contribution >= 0.6 is 0 Å². The van der Waals surface area contributed by atoms with Crippen LogP contribution in [0, 0.1) is 11.8 Å². The molecular formula is C21H28N2O4. The van der Waals surface area contributed by atoms with E-state index in [-0.39, 0.29) is 24.3 Å². The van der Waals surface area contributed by atoms with Gasteiger partial charge in [0.2, 0.25) is 0 Å². The Kier molecular flexibility index (Phi) is 6.66. The molecule has 2 heterocycles. The first kappa shape index (κ1) is 19.6. The van der Waals surface area contributed by atoms with Gasteiger partial charge in [-0.05, 0) is 31.2 Å². The van der Waals surface area contributed by atoms with Crippen LogP contribution in [-0.4, -0.2) is 74.4 Å². The molecule has 6 nitrogen and oxygen atoms in total. The summed E-state index contributed by atoms with van der Waals surface area (Å²) in [7, 11) is 3.74. The van der Waals surface area contributed by atoms with E-state index in [1.807, 2.05) is 42.3 Å². The third kappa shape index (κ3) is 4.77. The maximum absolute atomic E-state index is 13.1. The van der Waals surface area contributed by atoms with E-state index in [1.165, 1.54) is 0 Å². The van der Waals surface area contributed by atoms with Crippen LogP contribution in [0.15, 0.2) is 42.2 Å². The van der Waals surface area contributed by atoms with Crippen LogP contribution in [0.3, 0.4) is 0 Å². The van der Waals surface area contributed by atoms with Crippen LogP contribution in [0.2, 0.25) is 0 Å². The second-order valence-electron chi connectivity index (χ2n) is 7.23. The van der Waals surface area contributed by atoms with Crippen molar-refractivity contribution in [3.8, 4) is 5.75 Å². The number of fused-ring (bicyclic) bond motifs is 1. The van der Waals surface area contributed by atoms with Crippen molar-refractivity contribution in [1.29, 1.82) is 0 Å². The lowest BCUT2D eigenvalue weighted by molar-refractivity contribution is -0.126. The fraction of sp³-hybridized carbons (Fsp3) is 0.476. The van der Waals surface area contributed by atoms with E-state index in [1.54, 1.807) is 19.4 Å². The van der Waals surface area contributed by atoms with Gasteiger partial charge in [-0.2, -0.15) is 0 Å². The van der Waals surface area contributed by atoms with Gasteiger partial charge >= 0.3 is 0 Å². The van der Waals surface area contributed by atoms with Gasteiger partial charge in [-0.15, -0.1) is 0 Å². The molecule has 1 amide bonds. The Hall–Kier alpha value is -2.15. The first-order chi connectivity index (χ1) is 13.1. The number of ether oxygens (including phenoxy) is 2. The van der Waals surface area contributed by atoms with Crippen molar-refractivity contribution in [2.45, 2.75) is 0 Å². The molecule has 0 aliphatic carbocycles. The predicted octanol–water partition coefficient (Wildman–Crippen LogP) is 1.62. The van der Waals surface area contributed by atoms with Crippen LogP contribution in [0.25, 0.3) is 6.08 Å². The Morgan fingerprint density at radius 2 is 2.11 bits per heavy atom. The minimum atomic E-state index is -0.0213. The normalized spacial score (nSPS) is 21.6. The van der Waals surface area contributed by atoms with Crippen LogP contribution in [0.5, 0.6) is 5.75 Å². The highest BCUT2D eigenvalue weighted by Crippen LogP contribution is 2.28. The first-order valence-electron chi connectivity index (χ1n) is 9.34. The molecule has 3 rings (SSSR count). The zero-order chi connectivity index (χ0) is 19.2. The minimum absolute atomic E-state index is 0.0213. The summed E-state index contributed by atoms with van der Waals surface area (Å²) >= 11 is 0. The molecular weight excluding hydrogens is 344 g/mol. The van der Waals surface area contributed by atoms with Gasteiger partial charge in [0, 0.05) is 57.0 Å². The van der Waals surface area contributed by atoms with Crippen molar-refractivity contribution in [1.82, 2.24) is 9.80 Å². The molecule has 1 N–H and O–H groups in total. The summed E-state index contributed by atoms with van der Waals surface area (Å²) in [6, 6.07) is 7.65. The summed E-state index contributed by atoms with van der Waals surface area (Å²) in [4.78, 5) is 17.1. The van der Waals surface area contributed by atoms with Gasteiger partial charge in [-0.1, -0.05) is 18.2 Å². The Bertz CT molecular complexity index is 716. The Labute approximate surface area is 160 Å². The smallest absolute Gasteiger partial charge is 0.254 e. The van der Waals surface area contributed by atoms with Gasteiger partial charge in [0.25, 0.3) is 5.91 Å². The van der Waals surface area contributed by atoms with Crippen LogP contribution < -0.4 is 4.74 Å². The number of nitrogens with zero attached hydrogens (tertiary/aromatic N) is 2. The van der Waals surface area contributed by atoms with Crippen molar-refractivity contribution in [3.05, 3.63) is 47.7 Å². The second kappa shape index (κ2) is 9.17. The average molecular weight is 372 g/mol. The number of aliphatic hydroxyl groups is 1. The van der Waals surface area contributed by atoms with Crippen molar-refractivity contribution < 1.29 is 19.4 Å². The third-order valence-corrected chi connectivity index (χ3v) is 5.24. The molecule has 0 aromatic heterocycles. The summed E-state index contributed by atoms with van der Waals surface area (Å²) in [5, 5.41) is 9.78. The van der Waals surface area contributed by atoms with Gasteiger partial charge in [-0.25, -0.2) is 0 Å². The number of hydrogen-bond acceptors (Lipinski definition) is 5. The van der Waals surface area contributed by atoms with Crippen molar-refractivity contribution in [2.75, 3.05) is 53.6 Å². The Balaban J connectivity index is 1.69. The van der Waals surface area contributed by atoms with Crippen LogP contribution in [-0.2, 0) is 9.53 Å². The molecule has 2 aliphatic heterocycles. The van der Waals surface area contributed by atoms with E-state index in [2.05, 4.69) is 4.90 Å². The lowest BCUT2D eigenvalue weighted by atomic mass is 9.96. The van der Waals surface area contributed by atoms with E-state index in [0.29, 0.717) is 25.3 Å². The molecule has 0 bridgehead atoms. The number of likely N-dealkylation sites (tertiary alicyclic amines) is 1. The molecule has 0 radical (unpaired) electrons. The fourth-order valence-electron chi connectivity index (χ4n) is 3.68. The highest BCUT2D eigenvalue weighted by atomic mass is 16.5. The maximum Gasteiger partial charge on any atom is 0.254 e. The number of rotatable bonds is 7. The average Bonchev–Trinajstić information content (AvgIpc) is 2.95. The van der Waals surface area contributed by atoms with Gasteiger partial charge < -0.3 is 24.4 Å². The van der Waals surface area contributed by atoms with E-state index in [0.717, 1.165) is 24.4 Å². The monoisotopic (exact) mass is 372 g/mol. The number of benzene rings is 1. The Morgan fingerprint density at radius 1 is 1.33 bits per heavy atom. The molecule has 27 heavy (non-hydrogen) atoms. The quantitative estimate of drug-likeness (QED) is 0.788. The highest BCUT2D eigenvalue weighted by Gasteiger charge is 2.36. The van der Waals surface area contributed by atoms with Crippen molar-refractivity contribution in [2.24, 2.45) is 11.8 Å². The lowest BCUT2D eigenvalue weighted by Crippen LogP contribution is -2.34. The molecule has 2 atom stereocenters. The molecule has 1 fully saturated rings. The number of para-hydroxylation sites is 1. The summed E-state index contributed by atoms with van der Waals surface area (Å²) in [6.07, 6.45) is 5.15. The third-order valence-electron chi connectivity index (χ3n) is 5.24. The number of carbonyl (C=O) groups is 1. The minimum Gasteiger partial charge on any atom is -0.464 e. The molecule has 1 aromatic rings. The summed E-state index contributed by atoms with van der Waals surface area (Å²) in [5.74, 6) is 1.06. The van der Waals surface area contributed by atoms with E-state index < -0.39 is 0 Å². The zero-order valence-corrected chi connectivity index (χ0v) is 16.0. The van der Waals surface area contributed by atoms with Gasteiger partial charge in [0.05, 0.1) is 12.9 Å². The van der Waals surface area contributed by atoms with Crippen molar-refractivity contribution in [3.63, 3.8) is 0 Å². The number of methoxy groups -OCH3 is 1. The van der Waals surface area contributed by atoms with Gasteiger partial charge in [-0.3, -0.25) is 4.79 Å². The second-order valence-corrected chi connectivity index (χ2v) is 7.23. The fourth-order valence-corrected chi connectivity index (χ4v) is 3.68. The number of aliphatic hydroxyl groups excluding tert-OH is 1. The maximum atomic E-state index is 13.1. The number of amides is 1. The zero-order valence-electron chi connectivity index (χ0n) is 16.0. The first-order valence-corrected chi connectivity index (χ1v) is 9.34. The highest BCUT2D eigenvalue weighted by molar-refractivity contribution is 6.01. The summed E-state index contributed by atoms with van der Waals surface area (Å²) in [6.45, 7) is 3.65. The number of hydrogen-bond donors (Lipinski definition) is 1. The lowest BCUT2D eigenvalue weighted by Gasteiger charge is -2.23. The predicted molar refractivity (Wildman–Crippen MR) is 104 cm³/mol. The molecule has 146 valence electrons. The van der Waals surface area contributed by atoms with Crippen molar-refractivity contribution >= 4 is 12.0 Å². The molecule has 6 heteroatoms. The SMILES string of the molecule is COCCN(C)C[C@@H]1CN(C(=O)C2=Cc3ccccc3OC=C2)C[C@@H]1CO.